The number of benzene rings is 1. The van der Waals surface area contributed by atoms with E-state index in [0.29, 0.717) is 41.9 Å². The lowest BCUT2D eigenvalue weighted by Crippen LogP contribution is -2.35. The van der Waals surface area contributed by atoms with Crippen LogP contribution >= 0.6 is 0 Å². The van der Waals surface area contributed by atoms with Gasteiger partial charge in [-0.3, -0.25) is 4.90 Å². The number of allylic oxidation sites excluding steroid dienone is 5. The van der Waals surface area contributed by atoms with Crippen LogP contribution in [0.4, 0.5) is 0 Å². The third-order valence-corrected chi connectivity index (χ3v) is 4.82. The van der Waals surface area contributed by atoms with Crippen LogP contribution in [-0.4, -0.2) is 52.0 Å². The van der Waals surface area contributed by atoms with Crippen LogP contribution in [0.1, 0.15) is 11.3 Å². The molecule has 8 nitrogen and oxygen atoms in total. The van der Waals surface area contributed by atoms with E-state index < -0.39 is 4.90 Å². The van der Waals surface area contributed by atoms with Crippen LogP contribution in [0.2, 0.25) is 0 Å². The van der Waals surface area contributed by atoms with E-state index in [9.17, 15) is 20.6 Å². The first-order valence-corrected chi connectivity index (χ1v) is 8.88. The Bertz CT molecular complexity index is 1000. The summed E-state index contributed by atoms with van der Waals surface area (Å²) in [6.07, 6.45) is 7.55. The Balaban J connectivity index is 1.70. The van der Waals surface area contributed by atoms with Gasteiger partial charge in [-0.05, 0) is 35.9 Å². The normalized spacial score (nSPS) is 17.4. The van der Waals surface area contributed by atoms with Crippen molar-refractivity contribution in [1.29, 1.82) is 0 Å². The Labute approximate surface area is 160 Å². The summed E-state index contributed by atoms with van der Waals surface area (Å²) >= 11 is 0. The second-order valence-corrected chi connectivity index (χ2v) is 6.64. The Hall–Kier alpha value is -3.23. The van der Waals surface area contributed by atoms with Gasteiger partial charge in [0.15, 0.2) is 11.5 Å². The van der Waals surface area contributed by atoms with Crippen molar-refractivity contribution >= 4 is 22.8 Å². The van der Waals surface area contributed by atoms with Crippen molar-refractivity contribution < 1.29 is 24.3 Å². The fourth-order valence-electron chi connectivity index (χ4n) is 3.29. The first kappa shape index (κ1) is 18.1. The minimum Gasteiger partial charge on any atom is -0.612 e. The molecule has 0 bridgehead atoms. The number of phenols is 1. The topological polar surface area (TPSA) is 115 Å². The highest BCUT2D eigenvalue weighted by Gasteiger charge is 2.21. The summed E-state index contributed by atoms with van der Waals surface area (Å²) in [5.74, 6) is 0.309. The lowest BCUT2D eigenvalue weighted by Gasteiger charge is -2.26. The van der Waals surface area contributed by atoms with Gasteiger partial charge in [0.2, 0.25) is 5.71 Å². The Morgan fingerprint density at radius 1 is 1.07 bits per heavy atom. The fraction of sp³-hybridized carbons (Fsp3) is 0.250. The van der Waals surface area contributed by atoms with Gasteiger partial charge in [-0.2, -0.15) is 4.90 Å². The molecule has 1 aliphatic heterocycles. The third-order valence-electron chi connectivity index (χ3n) is 4.82. The monoisotopic (exact) mass is 383 g/mol. The number of fused-ring (bicyclic) bond motifs is 1. The molecule has 0 spiro atoms. The van der Waals surface area contributed by atoms with E-state index in [1.807, 2.05) is 0 Å². The van der Waals surface area contributed by atoms with Crippen molar-refractivity contribution in [1.82, 2.24) is 4.90 Å². The maximum absolute atomic E-state index is 10.8. The molecule has 0 amide bonds. The number of hydrogen-bond donors (Lipinski definition) is 2. The zero-order valence-electron chi connectivity index (χ0n) is 15.0. The van der Waals surface area contributed by atoms with Crippen LogP contribution < -0.4 is 0 Å². The zero-order chi connectivity index (χ0) is 19.7. The molecule has 0 saturated carbocycles. The molecule has 4 rings (SSSR count). The molecule has 1 aliphatic carbocycles. The first-order valence-electron chi connectivity index (χ1n) is 8.88. The van der Waals surface area contributed by atoms with E-state index in [-0.39, 0.29) is 23.0 Å². The van der Waals surface area contributed by atoms with Crippen LogP contribution in [-0.2, 0) is 11.3 Å². The van der Waals surface area contributed by atoms with E-state index >= 15 is 0 Å². The lowest BCUT2D eigenvalue weighted by molar-refractivity contribution is -0.377. The van der Waals surface area contributed by atoms with Gasteiger partial charge in [-0.15, -0.1) is 0 Å². The number of furan rings is 1. The molecular formula is C20H19N2O6-. The van der Waals surface area contributed by atoms with Crippen molar-refractivity contribution in [3.63, 3.8) is 0 Å². The van der Waals surface area contributed by atoms with Crippen molar-refractivity contribution in [2.24, 2.45) is 0 Å². The molecule has 0 atom stereocenters. The largest absolute Gasteiger partial charge is 0.612 e. The Morgan fingerprint density at radius 2 is 1.79 bits per heavy atom. The molecule has 146 valence electrons. The average molecular weight is 383 g/mol. The minimum atomic E-state index is -0.469. The highest BCUT2D eigenvalue weighted by atomic mass is 16.8. The zero-order valence-corrected chi connectivity index (χ0v) is 15.0. The number of rotatable bonds is 3. The van der Waals surface area contributed by atoms with Gasteiger partial charge in [0.05, 0.1) is 24.2 Å². The molecule has 0 radical (unpaired) electrons. The maximum atomic E-state index is 10.8. The lowest BCUT2D eigenvalue weighted by atomic mass is 10.1. The summed E-state index contributed by atoms with van der Waals surface area (Å²) in [6, 6.07) is 3.16. The molecule has 28 heavy (non-hydrogen) atoms. The summed E-state index contributed by atoms with van der Waals surface area (Å²) in [5.41, 5.74) is 1.68. The quantitative estimate of drug-likeness (QED) is 0.618. The van der Waals surface area contributed by atoms with Gasteiger partial charge in [0.25, 0.3) is 0 Å². The van der Waals surface area contributed by atoms with Crippen LogP contribution in [0.3, 0.4) is 0 Å². The number of morpholine rings is 1. The molecule has 2 heterocycles. The molecule has 2 aliphatic rings. The summed E-state index contributed by atoms with van der Waals surface area (Å²) in [4.78, 5) is 1.68. The van der Waals surface area contributed by atoms with Gasteiger partial charge in [-0.25, -0.2) is 0 Å². The number of hydrogen-bond acceptors (Lipinski definition) is 7. The highest BCUT2D eigenvalue weighted by molar-refractivity contribution is 6.03. The van der Waals surface area contributed by atoms with E-state index in [1.165, 1.54) is 12.2 Å². The molecular weight excluding hydrogens is 364 g/mol. The molecule has 1 aromatic heterocycles. The Morgan fingerprint density at radius 3 is 2.46 bits per heavy atom. The number of nitrogens with zero attached hydrogens (tertiary/aromatic N) is 2. The van der Waals surface area contributed by atoms with Gasteiger partial charge in [0, 0.05) is 31.8 Å². The molecule has 1 fully saturated rings. The van der Waals surface area contributed by atoms with Crippen molar-refractivity contribution in [3.8, 4) is 11.5 Å². The van der Waals surface area contributed by atoms with Crippen molar-refractivity contribution in [2.45, 2.75) is 6.54 Å². The minimum absolute atomic E-state index is 0.0105. The second kappa shape index (κ2) is 7.41. The molecule has 1 saturated heterocycles. The predicted octanol–water partition coefficient (Wildman–Crippen LogP) is 2.63. The van der Waals surface area contributed by atoms with Crippen LogP contribution in [0.15, 0.2) is 46.4 Å². The van der Waals surface area contributed by atoms with Crippen molar-refractivity contribution in [3.05, 3.63) is 63.7 Å². The molecule has 2 aromatic rings. The standard InChI is InChI=1S/C20H19N2O6/c23-17-6-5-15-19(24)18(11-13-1-3-14(4-2-13)22(25)26)28-20(15)16(17)12-21-7-9-27-10-8-21/h1-6,11H,7-10,12H2,(H2-,23,24,25,26)/q-1. The van der Waals surface area contributed by atoms with Crippen molar-refractivity contribution in [2.75, 3.05) is 26.3 Å². The van der Waals surface area contributed by atoms with Gasteiger partial charge < -0.3 is 29.8 Å². The molecule has 8 heteroatoms. The Kier molecular flexibility index (Phi) is 4.81. The average Bonchev–Trinajstić information content (AvgIpc) is 3.01. The van der Waals surface area contributed by atoms with Gasteiger partial charge in [0.1, 0.15) is 11.3 Å². The summed E-state index contributed by atoms with van der Waals surface area (Å²) in [5, 5.41) is 43.0. The summed E-state index contributed by atoms with van der Waals surface area (Å²) in [6.45, 7) is 3.27. The second-order valence-electron chi connectivity index (χ2n) is 6.64. The van der Waals surface area contributed by atoms with Crippen LogP contribution in [0, 0.1) is 10.4 Å². The van der Waals surface area contributed by atoms with E-state index in [2.05, 4.69) is 4.90 Å². The van der Waals surface area contributed by atoms with E-state index in [4.69, 9.17) is 9.15 Å². The smallest absolute Gasteiger partial charge is 0.222 e. The third kappa shape index (κ3) is 3.47. The summed E-state index contributed by atoms with van der Waals surface area (Å²) in [7, 11) is 0. The summed E-state index contributed by atoms with van der Waals surface area (Å²) < 4.78 is 11.2. The molecule has 0 unspecified atom stereocenters. The van der Waals surface area contributed by atoms with Gasteiger partial charge in [-0.1, -0.05) is 0 Å². The van der Waals surface area contributed by atoms with Crippen LogP contribution in [0.25, 0.3) is 17.0 Å². The van der Waals surface area contributed by atoms with Crippen LogP contribution in [0.5, 0.6) is 11.5 Å². The number of phenolic OH excluding ortho intramolecular Hbond substituents is 1. The first-order chi connectivity index (χ1) is 13.5. The van der Waals surface area contributed by atoms with Gasteiger partial charge >= 0.3 is 0 Å². The molecule has 1 aromatic carbocycles. The highest BCUT2D eigenvalue weighted by Crippen LogP contribution is 2.39. The molecule has 2 N–H and O–H groups in total. The van der Waals surface area contributed by atoms with E-state index in [0.717, 1.165) is 13.1 Å². The SMILES string of the molecule is [O-][N+]([O-])=C1C=CC(=Cc2oc3c(CN4CCOCC4)c(O)ccc3c2O)C=C1. The fourth-order valence-corrected chi connectivity index (χ4v) is 3.29. The number of aromatic hydroxyl groups is 2. The number of ether oxygens (including phenoxy) is 1. The predicted molar refractivity (Wildman–Crippen MR) is 104 cm³/mol. The van der Waals surface area contributed by atoms with E-state index in [1.54, 1.807) is 30.4 Å². The maximum Gasteiger partial charge on any atom is 0.222 e.